The molecular weight excluding hydrogens is 158 g/mol. The molecule has 0 aromatic heterocycles. The summed E-state index contributed by atoms with van der Waals surface area (Å²) in [5.74, 6) is 0.818. The second kappa shape index (κ2) is 7.37. The van der Waals surface area contributed by atoms with Gasteiger partial charge in [-0.1, -0.05) is 34.1 Å². The summed E-state index contributed by atoms with van der Waals surface area (Å²) in [4.78, 5) is 2.60. The van der Waals surface area contributed by atoms with E-state index in [4.69, 9.17) is 0 Å². The molecule has 13 heavy (non-hydrogen) atoms. The largest absolute Gasteiger partial charge is 0.300 e. The van der Waals surface area contributed by atoms with Gasteiger partial charge in [0.2, 0.25) is 0 Å². The Bertz CT molecular complexity index is 104. The summed E-state index contributed by atoms with van der Waals surface area (Å²) < 4.78 is 0. The van der Waals surface area contributed by atoms with E-state index in [1.165, 1.54) is 32.4 Å². The molecule has 1 fully saturated rings. The standard InChI is InChI=1S/C9H19N.C3H8/c1-8(2)9(3)10-6-4-5-7-10;1-3-2/h8-9H,4-7H2,1-3H3;3H2,1-2H3/t9-;/m1./s1. The van der Waals surface area contributed by atoms with Crippen LogP contribution in [0.25, 0.3) is 0 Å². The molecule has 0 aromatic carbocycles. The lowest BCUT2D eigenvalue weighted by molar-refractivity contribution is 0.208. The van der Waals surface area contributed by atoms with Gasteiger partial charge in [0.1, 0.15) is 0 Å². The molecule has 0 unspecified atom stereocenters. The van der Waals surface area contributed by atoms with E-state index < -0.39 is 0 Å². The van der Waals surface area contributed by atoms with Crippen molar-refractivity contribution in [2.75, 3.05) is 13.1 Å². The first-order valence-electron chi connectivity index (χ1n) is 5.87. The van der Waals surface area contributed by atoms with Crippen LogP contribution in [0.1, 0.15) is 53.9 Å². The number of likely N-dealkylation sites (tertiary alicyclic amines) is 1. The highest BCUT2D eigenvalue weighted by atomic mass is 15.2. The lowest BCUT2D eigenvalue weighted by Gasteiger charge is -2.26. The van der Waals surface area contributed by atoms with Crippen LogP contribution in [-0.2, 0) is 0 Å². The maximum atomic E-state index is 2.60. The highest BCUT2D eigenvalue weighted by Gasteiger charge is 2.19. The fourth-order valence-corrected chi connectivity index (χ4v) is 1.57. The Kier molecular flexibility index (Phi) is 7.35. The molecule has 80 valence electrons. The van der Waals surface area contributed by atoms with E-state index in [0.717, 1.165) is 12.0 Å². The van der Waals surface area contributed by atoms with Gasteiger partial charge in [0.15, 0.2) is 0 Å². The van der Waals surface area contributed by atoms with Gasteiger partial charge in [-0.05, 0) is 38.8 Å². The third-order valence-electron chi connectivity index (χ3n) is 2.68. The van der Waals surface area contributed by atoms with Gasteiger partial charge in [-0.15, -0.1) is 0 Å². The van der Waals surface area contributed by atoms with E-state index >= 15 is 0 Å². The topological polar surface area (TPSA) is 3.24 Å². The molecule has 0 saturated carbocycles. The van der Waals surface area contributed by atoms with Crippen LogP contribution in [0.4, 0.5) is 0 Å². The number of nitrogens with zero attached hydrogens (tertiary/aromatic N) is 1. The van der Waals surface area contributed by atoms with Crippen molar-refractivity contribution in [3.63, 3.8) is 0 Å². The molecule has 0 spiro atoms. The Hall–Kier alpha value is -0.0400. The van der Waals surface area contributed by atoms with Crippen molar-refractivity contribution in [3.8, 4) is 0 Å². The first-order valence-corrected chi connectivity index (χ1v) is 5.87. The van der Waals surface area contributed by atoms with Gasteiger partial charge in [-0.3, -0.25) is 0 Å². The van der Waals surface area contributed by atoms with Gasteiger partial charge >= 0.3 is 0 Å². The second-order valence-corrected chi connectivity index (χ2v) is 4.43. The molecule has 0 aromatic rings. The first-order chi connectivity index (χ1) is 6.13. The summed E-state index contributed by atoms with van der Waals surface area (Å²) >= 11 is 0. The van der Waals surface area contributed by atoms with Crippen molar-refractivity contribution in [1.29, 1.82) is 0 Å². The Labute approximate surface area is 84.5 Å². The van der Waals surface area contributed by atoms with E-state index in [-0.39, 0.29) is 0 Å². The Morgan fingerprint density at radius 2 is 1.38 bits per heavy atom. The monoisotopic (exact) mass is 185 g/mol. The highest BCUT2D eigenvalue weighted by molar-refractivity contribution is 4.74. The average Bonchev–Trinajstić information content (AvgIpc) is 2.56. The summed E-state index contributed by atoms with van der Waals surface area (Å²) in [5.41, 5.74) is 0. The van der Waals surface area contributed by atoms with Gasteiger partial charge in [-0.2, -0.15) is 0 Å². The zero-order chi connectivity index (χ0) is 10.3. The molecule has 1 heterocycles. The molecule has 0 bridgehead atoms. The Balaban J connectivity index is 0.000000424. The molecule has 0 aliphatic carbocycles. The smallest absolute Gasteiger partial charge is 0.00899 e. The fourth-order valence-electron chi connectivity index (χ4n) is 1.57. The van der Waals surface area contributed by atoms with Gasteiger partial charge < -0.3 is 4.90 Å². The van der Waals surface area contributed by atoms with Crippen molar-refractivity contribution in [2.45, 2.75) is 59.9 Å². The van der Waals surface area contributed by atoms with Crippen LogP contribution in [0.2, 0.25) is 0 Å². The van der Waals surface area contributed by atoms with Crippen molar-refractivity contribution in [2.24, 2.45) is 5.92 Å². The summed E-state index contributed by atoms with van der Waals surface area (Å²) in [6, 6.07) is 0.794. The van der Waals surface area contributed by atoms with Gasteiger partial charge in [0, 0.05) is 6.04 Å². The van der Waals surface area contributed by atoms with E-state index in [1.54, 1.807) is 0 Å². The predicted octanol–water partition coefficient (Wildman–Crippen LogP) is 3.54. The summed E-state index contributed by atoms with van der Waals surface area (Å²) in [6.07, 6.45) is 4.08. The molecule has 0 N–H and O–H groups in total. The summed E-state index contributed by atoms with van der Waals surface area (Å²) in [5, 5.41) is 0. The molecule has 1 aliphatic heterocycles. The quantitative estimate of drug-likeness (QED) is 0.636. The average molecular weight is 185 g/mol. The Morgan fingerprint density at radius 3 is 1.69 bits per heavy atom. The van der Waals surface area contributed by atoms with Gasteiger partial charge in [0.05, 0.1) is 0 Å². The maximum absolute atomic E-state index is 2.60. The number of rotatable bonds is 2. The predicted molar refractivity (Wildman–Crippen MR) is 61.1 cm³/mol. The molecule has 1 nitrogen and oxygen atoms in total. The van der Waals surface area contributed by atoms with E-state index in [0.29, 0.717) is 0 Å². The maximum Gasteiger partial charge on any atom is 0.00899 e. The normalized spacial score (nSPS) is 19.8. The summed E-state index contributed by atoms with van der Waals surface area (Å²) in [6.45, 7) is 13.9. The molecule has 1 rings (SSSR count). The van der Waals surface area contributed by atoms with Gasteiger partial charge in [-0.25, -0.2) is 0 Å². The molecular formula is C12H27N. The molecule has 1 atom stereocenters. The minimum absolute atomic E-state index is 0.794. The minimum atomic E-state index is 0.794. The fraction of sp³-hybridized carbons (Fsp3) is 1.00. The van der Waals surface area contributed by atoms with Crippen LogP contribution < -0.4 is 0 Å². The highest BCUT2D eigenvalue weighted by Crippen LogP contribution is 2.16. The Morgan fingerprint density at radius 1 is 1.00 bits per heavy atom. The second-order valence-electron chi connectivity index (χ2n) is 4.43. The van der Waals surface area contributed by atoms with Crippen LogP contribution >= 0.6 is 0 Å². The van der Waals surface area contributed by atoms with Crippen LogP contribution in [0.3, 0.4) is 0 Å². The molecule has 0 amide bonds. The van der Waals surface area contributed by atoms with Crippen LogP contribution in [-0.4, -0.2) is 24.0 Å². The van der Waals surface area contributed by atoms with Gasteiger partial charge in [0.25, 0.3) is 0 Å². The van der Waals surface area contributed by atoms with Crippen LogP contribution in [0, 0.1) is 5.92 Å². The number of hydrogen-bond acceptors (Lipinski definition) is 1. The molecule has 1 aliphatic rings. The zero-order valence-corrected chi connectivity index (χ0v) is 10.1. The van der Waals surface area contributed by atoms with E-state index in [2.05, 4.69) is 39.5 Å². The molecule has 1 heteroatoms. The lowest BCUT2D eigenvalue weighted by Crippen LogP contribution is -2.33. The minimum Gasteiger partial charge on any atom is -0.300 e. The van der Waals surface area contributed by atoms with Crippen LogP contribution in [0.5, 0.6) is 0 Å². The third-order valence-corrected chi connectivity index (χ3v) is 2.68. The lowest BCUT2D eigenvalue weighted by atomic mass is 10.1. The van der Waals surface area contributed by atoms with Crippen LogP contribution in [0.15, 0.2) is 0 Å². The first kappa shape index (κ1) is 13.0. The van der Waals surface area contributed by atoms with Crippen molar-refractivity contribution < 1.29 is 0 Å². The zero-order valence-electron chi connectivity index (χ0n) is 10.1. The van der Waals surface area contributed by atoms with E-state index in [1.807, 2.05) is 0 Å². The van der Waals surface area contributed by atoms with Crippen molar-refractivity contribution in [1.82, 2.24) is 4.90 Å². The SMILES string of the molecule is CC(C)[C@@H](C)N1CCCC1.CCC. The third kappa shape index (κ3) is 5.30. The summed E-state index contributed by atoms with van der Waals surface area (Å²) in [7, 11) is 0. The van der Waals surface area contributed by atoms with Crippen molar-refractivity contribution in [3.05, 3.63) is 0 Å². The van der Waals surface area contributed by atoms with Crippen molar-refractivity contribution >= 4 is 0 Å². The number of hydrogen-bond donors (Lipinski definition) is 0. The molecule has 0 radical (unpaired) electrons. The molecule has 1 saturated heterocycles. The van der Waals surface area contributed by atoms with E-state index in [9.17, 15) is 0 Å².